The van der Waals surface area contributed by atoms with E-state index in [4.69, 9.17) is 21.1 Å². The van der Waals surface area contributed by atoms with Gasteiger partial charge in [0.2, 0.25) is 0 Å². The molecule has 0 amide bonds. The molecule has 4 heteroatoms. The van der Waals surface area contributed by atoms with Gasteiger partial charge in [0.05, 0.1) is 20.3 Å². The Morgan fingerprint density at radius 2 is 1.77 bits per heavy atom. The molecule has 1 aliphatic heterocycles. The monoisotopic (exact) mass is 315 g/mol. The summed E-state index contributed by atoms with van der Waals surface area (Å²) in [5, 5.41) is 0.762. The van der Waals surface area contributed by atoms with E-state index in [2.05, 4.69) is 17.1 Å². The molecule has 0 bridgehead atoms. The SMILES string of the molecule is COc1cc2c(cc1OC)CC(Cc1ccc(Cl)cc1)N=C2. The van der Waals surface area contributed by atoms with E-state index in [-0.39, 0.29) is 6.04 Å². The molecular formula is C18H18ClNO2. The number of nitrogens with zero attached hydrogens (tertiary/aromatic N) is 1. The molecule has 2 aromatic carbocycles. The highest BCUT2D eigenvalue weighted by atomic mass is 35.5. The van der Waals surface area contributed by atoms with E-state index in [0.29, 0.717) is 0 Å². The third-order valence-corrected chi connectivity index (χ3v) is 4.16. The topological polar surface area (TPSA) is 30.8 Å². The molecule has 0 saturated carbocycles. The van der Waals surface area contributed by atoms with Crippen LogP contribution in [0.15, 0.2) is 41.4 Å². The summed E-state index contributed by atoms with van der Waals surface area (Å²) < 4.78 is 10.7. The number of methoxy groups -OCH3 is 2. The zero-order valence-corrected chi connectivity index (χ0v) is 13.4. The Bertz CT molecular complexity index is 695. The van der Waals surface area contributed by atoms with Crippen LogP contribution in [0.25, 0.3) is 0 Å². The highest BCUT2D eigenvalue weighted by Crippen LogP contribution is 2.32. The van der Waals surface area contributed by atoms with Gasteiger partial charge in [-0.05, 0) is 53.8 Å². The van der Waals surface area contributed by atoms with Gasteiger partial charge in [-0.1, -0.05) is 23.7 Å². The van der Waals surface area contributed by atoms with Crippen molar-refractivity contribution in [3.8, 4) is 11.5 Å². The number of ether oxygens (including phenoxy) is 2. The Kier molecular flexibility index (Phi) is 4.34. The predicted molar refractivity (Wildman–Crippen MR) is 89.8 cm³/mol. The molecule has 0 aromatic heterocycles. The van der Waals surface area contributed by atoms with E-state index in [9.17, 15) is 0 Å². The highest BCUT2D eigenvalue weighted by molar-refractivity contribution is 6.30. The first-order valence-electron chi connectivity index (χ1n) is 7.22. The molecule has 0 aliphatic carbocycles. The summed E-state index contributed by atoms with van der Waals surface area (Å²) in [5.74, 6) is 1.51. The minimum Gasteiger partial charge on any atom is -0.493 e. The van der Waals surface area contributed by atoms with E-state index in [1.807, 2.05) is 30.5 Å². The highest BCUT2D eigenvalue weighted by Gasteiger charge is 2.18. The summed E-state index contributed by atoms with van der Waals surface area (Å²) >= 11 is 5.93. The van der Waals surface area contributed by atoms with Gasteiger partial charge in [0, 0.05) is 11.2 Å². The number of hydrogen-bond donors (Lipinski definition) is 0. The molecule has 114 valence electrons. The zero-order chi connectivity index (χ0) is 15.5. The molecule has 0 saturated heterocycles. The maximum Gasteiger partial charge on any atom is 0.161 e. The fourth-order valence-electron chi connectivity index (χ4n) is 2.74. The molecule has 3 nitrogen and oxygen atoms in total. The van der Waals surface area contributed by atoms with Gasteiger partial charge in [-0.25, -0.2) is 0 Å². The summed E-state index contributed by atoms with van der Waals surface area (Å²) in [4.78, 5) is 4.67. The first-order chi connectivity index (χ1) is 10.7. The van der Waals surface area contributed by atoms with E-state index < -0.39 is 0 Å². The quantitative estimate of drug-likeness (QED) is 0.855. The minimum absolute atomic E-state index is 0.242. The average Bonchev–Trinajstić information content (AvgIpc) is 2.55. The van der Waals surface area contributed by atoms with Crippen molar-refractivity contribution >= 4 is 17.8 Å². The van der Waals surface area contributed by atoms with Crippen molar-refractivity contribution in [2.45, 2.75) is 18.9 Å². The maximum absolute atomic E-state index is 5.93. The summed E-state index contributed by atoms with van der Waals surface area (Å²) in [6.45, 7) is 0. The van der Waals surface area contributed by atoms with Gasteiger partial charge in [0.1, 0.15) is 0 Å². The molecule has 3 rings (SSSR count). The number of halogens is 1. The molecule has 0 radical (unpaired) electrons. The first kappa shape index (κ1) is 14.9. The van der Waals surface area contributed by atoms with Gasteiger partial charge >= 0.3 is 0 Å². The van der Waals surface area contributed by atoms with Crippen LogP contribution in [0.3, 0.4) is 0 Å². The molecule has 1 unspecified atom stereocenters. The van der Waals surface area contributed by atoms with Gasteiger partial charge in [0.25, 0.3) is 0 Å². The summed E-state index contributed by atoms with van der Waals surface area (Å²) in [6, 6.07) is 12.2. The second-order valence-corrected chi connectivity index (χ2v) is 5.81. The third-order valence-electron chi connectivity index (χ3n) is 3.91. The fourth-order valence-corrected chi connectivity index (χ4v) is 2.87. The lowest BCUT2D eigenvalue weighted by Gasteiger charge is -2.21. The van der Waals surface area contributed by atoms with Crippen LogP contribution < -0.4 is 9.47 Å². The van der Waals surface area contributed by atoms with Gasteiger partial charge in [-0.15, -0.1) is 0 Å². The standard InChI is InChI=1S/C18H18ClNO2/c1-21-17-9-13-8-16(7-12-3-5-15(19)6-4-12)20-11-14(13)10-18(17)22-2/h3-6,9-11,16H,7-8H2,1-2H3. The molecule has 1 aliphatic rings. The van der Waals surface area contributed by atoms with Crippen LogP contribution in [0.2, 0.25) is 5.02 Å². The lowest BCUT2D eigenvalue weighted by molar-refractivity contribution is 0.354. The molecule has 0 fully saturated rings. The Morgan fingerprint density at radius 3 is 2.45 bits per heavy atom. The summed E-state index contributed by atoms with van der Waals surface area (Å²) in [5.41, 5.74) is 3.59. The maximum atomic E-state index is 5.93. The molecule has 1 atom stereocenters. The molecule has 2 aromatic rings. The van der Waals surface area contributed by atoms with Crippen molar-refractivity contribution in [3.63, 3.8) is 0 Å². The Morgan fingerprint density at radius 1 is 1.09 bits per heavy atom. The van der Waals surface area contributed by atoms with Crippen LogP contribution in [-0.4, -0.2) is 26.5 Å². The van der Waals surface area contributed by atoms with Crippen LogP contribution in [-0.2, 0) is 12.8 Å². The van der Waals surface area contributed by atoms with E-state index in [0.717, 1.165) is 34.9 Å². The number of aliphatic imine (C=N–C) groups is 1. The summed E-state index contributed by atoms with van der Waals surface area (Å²) in [6.07, 6.45) is 3.73. The third kappa shape index (κ3) is 3.09. The van der Waals surface area contributed by atoms with Gasteiger partial charge in [-0.2, -0.15) is 0 Å². The lowest BCUT2D eigenvalue weighted by atomic mass is 9.93. The molecular weight excluding hydrogens is 298 g/mol. The summed E-state index contributed by atoms with van der Waals surface area (Å²) in [7, 11) is 3.31. The van der Waals surface area contributed by atoms with Crippen molar-refractivity contribution in [1.29, 1.82) is 0 Å². The Balaban J connectivity index is 1.80. The number of rotatable bonds is 4. The second-order valence-electron chi connectivity index (χ2n) is 5.37. The number of hydrogen-bond acceptors (Lipinski definition) is 3. The predicted octanol–water partition coefficient (Wildman–Crippen LogP) is 3.94. The Labute approximate surface area is 135 Å². The zero-order valence-electron chi connectivity index (χ0n) is 12.7. The minimum atomic E-state index is 0.242. The van der Waals surface area contributed by atoms with Crippen LogP contribution in [0, 0.1) is 0 Å². The van der Waals surface area contributed by atoms with Crippen molar-refractivity contribution in [2.24, 2.45) is 4.99 Å². The van der Waals surface area contributed by atoms with Crippen molar-refractivity contribution in [2.75, 3.05) is 14.2 Å². The van der Waals surface area contributed by atoms with E-state index in [1.54, 1.807) is 14.2 Å². The molecule has 22 heavy (non-hydrogen) atoms. The Hall–Kier alpha value is -2.00. The second kappa shape index (κ2) is 6.41. The smallest absolute Gasteiger partial charge is 0.161 e. The number of fused-ring (bicyclic) bond motifs is 1. The van der Waals surface area contributed by atoms with E-state index >= 15 is 0 Å². The molecule has 0 N–H and O–H groups in total. The normalized spacial score (nSPS) is 16.2. The van der Waals surface area contributed by atoms with Crippen LogP contribution in [0.1, 0.15) is 16.7 Å². The average molecular weight is 316 g/mol. The van der Waals surface area contributed by atoms with Gasteiger partial charge in [0.15, 0.2) is 11.5 Å². The van der Waals surface area contributed by atoms with Crippen LogP contribution in [0.5, 0.6) is 11.5 Å². The first-order valence-corrected chi connectivity index (χ1v) is 7.60. The largest absolute Gasteiger partial charge is 0.493 e. The van der Waals surface area contributed by atoms with Crippen molar-refractivity contribution in [3.05, 3.63) is 58.1 Å². The number of benzene rings is 2. The molecule has 1 heterocycles. The van der Waals surface area contributed by atoms with Crippen LogP contribution >= 0.6 is 11.6 Å². The fraction of sp³-hybridized carbons (Fsp3) is 0.278. The van der Waals surface area contributed by atoms with Crippen molar-refractivity contribution in [1.82, 2.24) is 0 Å². The van der Waals surface area contributed by atoms with Gasteiger partial charge in [-0.3, -0.25) is 4.99 Å². The van der Waals surface area contributed by atoms with E-state index in [1.165, 1.54) is 11.1 Å². The molecule has 0 spiro atoms. The van der Waals surface area contributed by atoms with Crippen molar-refractivity contribution < 1.29 is 9.47 Å². The van der Waals surface area contributed by atoms with Gasteiger partial charge < -0.3 is 9.47 Å². The lowest BCUT2D eigenvalue weighted by Crippen LogP contribution is -2.18. The van der Waals surface area contributed by atoms with Crippen LogP contribution in [0.4, 0.5) is 0 Å².